The minimum absolute atomic E-state index is 0.325. The average molecular weight is 264 g/mol. The van der Waals surface area contributed by atoms with E-state index in [4.69, 9.17) is 5.11 Å². The molecule has 0 amide bonds. The third-order valence-electron chi connectivity index (χ3n) is 4.03. The van der Waals surface area contributed by atoms with E-state index in [0.717, 1.165) is 25.9 Å². The normalized spacial score (nSPS) is 18.5. The fraction of sp³-hybridized carbons (Fsp3) is 0.750. The van der Waals surface area contributed by atoms with E-state index in [1.165, 1.54) is 37.7 Å². The number of unbranched alkanes of at least 4 members (excludes halogenated alkanes) is 2. The van der Waals surface area contributed by atoms with Gasteiger partial charge in [0.05, 0.1) is 0 Å². The maximum Gasteiger partial charge on any atom is 0.0431 e. The van der Waals surface area contributed by atoms with Gasteiger partial charge in [-0.25, -0.2) is 0 Å². The number of aromatic nitrogens is 1. The Labute approximate surface area is 117 Å². The summed E-state index contributed by atoms with van der Waals surface area (Å²) in [4.78, 5) is 0. The van der Waals surface area contributed by atoms with Crippen LogP contribution < -0.4 is 5.32 Å². The molecule has 2 N–H and O–H groups in total. The van der Waals surface area contributed by atoms with Crippen molar-refractivity contribution in [3.63, 3.8) is 0 Å². The number of aliphatic hydroxyl groups excluding tert-OH is 1. The van der Waals surface area contributed by atoms with Crippen molar-refractivity contribution in [3.05, 3.63) is 23.5 Å². The molecule has 0 spiro atoms. The lowest BCUT2D eigenvalue weighted by Crippen LogP contribution is -2.24. The molecule has 1 heterocycles. The molecular weight excluding hydrogens is 236 g/mol. The Kier molecular flexibility index (Phi) is 5.93. The Morgan fingerprint density at radius 1 is 1.32 bits per heavy atom. The van der Waals surface area contributed by atoms with Crippen LogP contribution >= 0.6 is 0 Å². The van der Waals surface area contributed by atoms with Gasteiger partial charge in [0.1, 0.15) is 0 Å². The van der Waals surface area contributed by atoms with E-state index < -0.39 is 0 Å². The Bertz CT molecular complexity index is 373. The fourth-order valence-corrected chi connectivity index (χ4v) is 2.99. The van der Waals surface area contributed by atoms with Crippen LogP contribution in [-0.4, -0.2) is 22.8 Å². The van der Waals surface area contributed by atoms with Crippen LogP contribution in [0.2, 0.25) is 0 Å². The van der Waals surface area contributed by atoms with Crippen molar-refractivity contribution in [2.45, 2.75) is 64.5 Å². The number of aryl methyl sites for hydroxylation is 2. The minimum atomic E-state index is 0.325. The van der Waals surface area contributed by atoms with Crippen LogP contribution in [0.25, 0.3) is 0 Å². The van der Waals surface area contributed by atoms with Crippen LogP contribution in [0.1, 0.15) is 62.6 Å². The summed E-state index contributed by atoms with van der Waals surface area (Å²) in [6, 6.07) is 0.572. The molecule has 2 rings (SSSR count). The van der Waals surface area contributed by atoms with Crippen molar-refractivity contribution < 1.29 is 5.11 Å². The zero-order chi connectivity index (χ0) is 13.5. The van der Waals surface area contributed by atoms with Gasteiger partial charge in [0.2, 0.25) is 0 Å². The van der Waals surface area contributed by atoms with E-state index in [-0.39, 0.29) is 0 Å². The zero-order valence-corrected chi connectivity index (χ0v) is 12.2. The van der Waals surface area contributed by atoms with Gasteiger partial charge < -0.3 is 15.0 Å². The van der Waals surface area contributed by atoms with E-state index in [0.29, 0.717) is 12.6 Å². The number of fused-ring (bicyclic) bond motifs is 1. The monoisotopic (exact) mass is 264 g/mol. The minimum Gasteiger partial charge on any atom is -0.396 e. The smallest absolute Gasteiger partial charge is 0.0431 e. The third kappa shape index (κ3) is 4.08. The van der Waals surface area contributed by atoms with Crippen molar-refractivity contribution in [1.82, 2.24) is 9.88 Å². The number of nitrogens with zero attached hydrogens (tertiary/aromatic N) is 1. The summed E-state index contributed by atoms with van der Waals surface area (Å²) < 4.78 is 2.36. The van der Waals surface area contributed by atoms with Gasteiger partial charge in [-0.05, 0) is 62.6 Å². The van der Waals surface area contributed by atoms with Gasteiger partial charge in [0.15, 0.2) is 0 Å². The third-order valence-corrected chi connectivity index (χ3v) is 4.03. The van der Waals surface area contributed by atoms with E-state index in [1.807, 2.05) is 0 Å². The summed E-state index contributed by atoms with van der Waals surface area (Å²) in [5.74, 6) is 0. The molecule has 0 saturated carbocycles. The standard InChI is InChI=1S/C16H28N2O/c1-2-9-17-16-8-6-7-14-12-18(13-15(14)16)10-4-3-5-11-19/h12-13,16-17,19H,2-11H2,1H3. The Morgan fingerprint density at radius 3 is 3.00 bits per heavy atom. The molecule has 1 unspecified atom stereocenters. The molecule has 0 aliphatic heterocycles. The SMILES string of the molecule is CCCNC1CCCc2cn(CCCCCO)cc21. The summed E-state index contributed by atoms with van der Waals surface area (Å²) in [6.07, 6.45) is 12.9. The predicted octanol–water partition coefficient (Wildman–Crippen LogP) is 3.03. The maximum atomic E-state index is 8.80. The molecule has 3 heteroatoms. The highest BCUT2D eigenvalue weighted by Gasteiger charge is 2.21. The largest absolute Gasteiger partial charge is 0.396 e. The van der Waals surface area contributed by atoms with Gasteiger partial charge >= 0.3 is 0 Å². The van der Waals surface area contributed by atoms with Gasteiger partial charge in [0.25, 0.3) is 0 Å². The average Bonchev–Trinajstić information content (AvgIpc) is 2.84. The van der Waals surface area contributed by atoms with Gasteiger partial charge in [-0.1, -0.05) is 6.92 Å². The molecule has 1 aromatic rings. The van der Waals surface area contributed by atoms with Crippen LogP contribution in [0.5, 0.6) is 0 Å². The molecule has 0 radical (unpaired) electrons. The van der Waals surface area contributed by atoms with Gasteiger partial charge in [-0.15, -0.1) is 0 Å². The molecule has 0 aromatic carbocycles. The molecule has 108 valence electrons. The summed E-state index contributed by atoms with van der Waals surface area (Å²) in [6.45, 7) is 4.76. The number of hydrogen-bond acceptors (Lipinski definition) is 2. The molecule has 0 fully saturated rings. The summed E-state index contributed by atoms with van der Waals surface area (Å²) in [5, 5.41) is 12.5. The lowest BCUT2D eigenvalue weighted by Gasteiger charge is -2.23. The second-order valence-electron chi connectivity index (χ2n) is 5.66. The first-order valence-corrected chi connectivity index (χ1v) is 7.88. The van der Waals surface area contributed by atoms with Crippen molar-refractivity contribution in [3.8, 4) is 0 Å². The van der Waals surface area contributed by atoms with Gasteiger partial charge in [0, 0.05) is 31.6 Å². The lowest BCUT2D eigenvalue weighted by molar-refractivity contribution is 0.282. The van der Waals surface area contributed by atoms with Crippen LogP contribution in [0.4, 0.5) is 0 Å². The molecule has 1 aliphatic rings. The first kappa shape index (κ1) is 14.6. The first-order valence-electron chi connectivity index (χ1n) is 7.88. The van der Waals surface area contributed by atoms with Crippen LogP contribution in [0, 0.1) is 0 Å². The molecular formula is C16H28N2O. The Morgan fingerprint density at radius 2 is 2.21 bits per heavy atom. The lowest BCUT2D eigenvalue weighted by atomic mass is 9.91. The number of nitrogens with one attached hydrogen (secondary N) is 1. The molecule has 0 saturated heterocycles. The quantitative estimate of drug-likeness (QED) is 0.708. The highest BCUT2D eigenvalue weighted by molar-refractivity contribution is 5.30. The number of rotatable bonds is 8. The van der Waals surface area contributed by atoms with Crippen molar-refractivity contribution in [2.24, 2.45) is 0 Å². The zero-order valence-electron chi connectivity index (χ0n) is 12.2. The van der Waals surface area contributed by atoms with Crippen molar-refractivity contribution in [2.75, 3.05) is 13.2 Å². The summed E-state index contributed by atoms with van der Waals surface area (Å²) >= 11 is 0. The first-order chi connectivity index (χ1) is 9.35. The topological polar surface area (TPSA) is 37.2 Å². The van der Waals surface area contributed by atoms with E-state index in [2.05, 4.69) is 29.2 Å². The van der Waals surface area contributed by atoms with Crippen molar-refractivity contribution in [1.29, 1.82) is 0 Å². The number of aliphatic hydroxyl groups is 1. The second kappa shape index (κ2) is 7.71. The molecule has 1 aromatic heterocycles. The molecule has 1 atom stereocenters. The van der Waals surface area contributed by atoms with E-state index in [9.17, 15) is 0 Å². The molecule has 3 nitrogen and oxygen atoms in total. The van der Waals surface area contributed by atoms with Crippen LogP contribution in [-0.2, 0) is 13.0 Å². The molecule has 1 aliphatic carbocycles. The van der Waals surface area contributed by atoms with Crippen LogP contribution in [0.3, 0.4) is 0 Å². The number of hydrogen-bond donors (Lipinski definition) is 2. The fourth-order valence-electron chi connectivity index (χ4n) is 2.99. The van der Waals surface area contributed by atoms with E-state index in [1.54, 1.807) is 5.56 Å². The van der Waals surface area contributed by atoms with Crippen LogP contribution in [0.15, 0.2) is 12.4 Å². The molecule has 0 bridgehead atoms. The van der Waals surface area contributed by atoms with Gasteiger partial charge in [-0.2, -0.15) is 0 Å². The second-order valence-corrected chi connectivity index (χ2v) is 5.66. The van der Waals surface area contributed by atoms with Gasteiger partial charge in [-0.3, -0.25) is 0 Å². The Balaban J connectivity index is 1.92. The predicted molar refractivity (Wildman–Crippen MR) is 79.3 cm³/mol. The summed E-state index contributed by atoms with van der Waals surface area (Å²) in [5.41, 5.74) is 3.07. The maximum absolute atomic E-state index is 8.80. The summed E-state index contributed by atoms with van der Waals surface area (Å²) in [7, 11) is 0. The van der Waals surface area contributed by atoms with Crippen molar-refractivity contribution >= 4 is 0 Å². The Hall–Kier alpha value is -0.800. The molecule has 19 heavy (non-hydrogen) atoms. The van der Waals surface area contributed by atoms with E-state index >= 15 is 0 Å². The highest BCUT2D eigenvalue weighted by atomic mass is 16.2. The highest BCUT2D eigenvalue weighted by Crippen LogP contribution is 2.30.